The van der Waals surface area contributed by atoms with Gasteiger partial charge in [0.1, 0.15) is 0 Å². The Bertz CT molecular complexity index is 209. The summed E-state index contributed by atoms with van der Waals surface area (Å²) >= 11 is 0. The molecule has 0 saturated heterocycles. The number of ether oxygens (including phenoxy) is 1. The van der Waals surface area contributed by atoms with Gasteiger partial charge in [0.25, 0.3) is 0 Å². The minimum atomic E-state index is 0.361. The highest BCUT2D eigenvalue weighted by atomic mass is 16.5. The Morgan fingerprint density at radius 3 is 2.56 bits per heavy atom. The monoisotopic (exact) mass is 225 g/mol. The lowest BCUT2D eigenvalue weighted by Crippen LogP contribution is -2.21. The summed E-state index contributed by atoms with van der Waals surface area (Å²) in [4.78, 5) is 0. The zero-order valence-corrected chi connectivity index (χ0v) is 11.3. The van der Waals surface area contributed by atoms with E-state index < -0.39 is 0 Å². The molecule has 0 radical (unpaired) electrons. The zero-order valence-electron chi connectivity index (χ0n) is 11.3. The van der Waals surface area contributed by atoms with Gasteiger partial charge >= 0.3 is 0 Å². The second-order valence-corrected chi connectivity index (χ2v) is 4.37. The molecule has 0 heterocycles. The van der Waals surface area contributed by atoms with Gasteiger partial charge in [0.2, 0.25) is 0 Å². The van der Waals surface area contributed by atoms with Crippen molar-refractivity contribution in [2.45, 2.75) is 39.7 Å². The average molecular weight is 225 g/mol. The quantitative estimate of drug-likeness (QED) is 0.609. The summed E-state index contributed by atoms with van der Waals surface area (Å²) in [6.07, 6.45) is 6.41. The summed E-state index contributed by atoms with van der Waals surface area (Å²) in [6, 6.07) is 0. The lowest BCUT2D eigenvalue weighted by Gasteiger charge is -2.18. The predicted molar refractivity (Wildman–Crippen MR) is 71.7 cm³/mol. The van der Waals surface area contributed by atoms with Crippen molar-refractivity contribution >= 4 is 0 Å². The van der Waals surface area contributed by atoms with Crippen LogP contribution in [-0.4, -0.2) is 26.3 Å². The number of rotatable bonds is 9. The second-order valence-electron chi connectivity index (χ2n) is 4.37. The fraction of sp³-hybridized carbons (Fsp3) is 0.714. The summed E-state index contributed by atoms with van der Waals surface area (Å²) in [5.41, 5.74) is 1.32. The zero-order chi connectivity index (χ0) is 12.4. The molecule has 1 atom stereocenters. The van der Waals surface area contributed by atoms with Crippen molar-refractivity contribution in [2.75, 3.05) is 20.2 Å². The Kier molecular flexibility index (Phi) is 9.25. The van der Waals surface area contributed by atoms with Crippen LogP contribution in [0, 0.1) is 5.92 Å². The van der Waals surface area contributed by atoms with Crippen LogP contribution in [0.25, 0.3) is 0 Å². The highest BCUT2D eigenvalue weighted by Gasteiger charge is 2.08. The van der Waals surface area contributed by atoms with Gasteiger partial charge in [0.05, 0.1) is 12.7 Å². The maximum atomic E-state index is 5.91. The van der Waals surface area contributed by atoms with Crippen molar-refractivity contribution in [3.05, 3.63) is 24.3 Å². The van der Waals surface area contributed by atoms with Crippen LogP contribution in [0.1, 0.15) is 33.6 Å². The van der Waals surface area contributed by atoms with Crippen LogP contribution in [0.5, 0.6) is 0 Å². The predicted octanol–water partition coefficient (Wildman–Crippen LogP) is 3.16. The lowest BCUT2D eigenvalue weighted by atomic mass is 10.0. The minimum Gasteiger partial charge on any atom is -0.374 e. The van der Waals surface area contributed by atoms with Gasteiger partial charge in [-0.2, -0.15) is 0 Å². The van der Waals surface area contributed by atoms with E-state index in [4.69, 9.17) is 4.74 Å². The van der Waals surface area contributed by atoms with Gasteiger partial charge < -0.3 is 10.1 Å². The third kappa shape index (κ3) is 6.81. The standard InChI is InChI=1S/C14H27NO/c1-6-8-13(12(3)4)11-16-14(7-2)9-10-15-5/h6,8,12,14-15H,1,7,9-11H2,2-5H3/b13-8+. The van der Waals surface area contributed by atoms with E-state index in [1.807, 2.05) is 13.1 Å². The molecule has 2 heteroatoms. The molecule has 0 amide bonds. The van der Waals surface area contributed by atoms with Crippen LogP contribution in [0.4, 0.5) is 0 Å². The van der Waals surface area contributed by atoms with Crippen molar-refractivity contribution in [2.24, 2.45) is 5.92 Å². The number of hydrogen-bond donors (Lipinski definition) is 1. The number of allylic oxidation sites excluding steroid dienone is 2. The summed E-state index contributed by atoms with van der Waals surface area (Å²) < 4.78 is 5.91. The average Bonchev–Trinajstić information content (AvgIpc) is 2.27. The van der Waals surface area contributed by atoms with E-state index in [2.05, 4.69) is 38.7 Å². The first-order chi connectivity index (χ1) is 7.65. The first-order valence-corrected chi connectivity index (χ1v) is 6.23. The highest BCUT2D eigenvalue weighted by Crippen LogP contribution is 2.13. The topological polar surface area (TPSA) is 21.3 Å². The van der Waals surface area contributed by atoms with E-state index in [0.29, 0.717) is 12.0 Å². The summed E-state index contributed by atoms with van der Waals surface area (Å²) in [5, 5.41) is 3.16. The molecule has 2 nitrogen and oxygen atoms in total. The summed E-state index contributed by atoms with van der Waals surface area (Å²) in [6.45, 7) is 12.0. The molecule has 0 aliphatic rings. The van der Waals surface area contributed by atoms with E-state index in [1.54, 1.807) is 0 Å². The molecule has 94 valence electrons. The SMILES string of the molecule is C=C/C=C(\COC(CC)CCNC)C(C)C. The first kappa shape index (κ1) is 15.4. The molecule has 0 bridgehead atoms. The summed E-state index contributed by atoms with van der Waals surface area (Å²) in [7, 11) is 1.98. The molecule has 0 aliphatic heterocycles. The Hall–Kier alpha value is -0.600. The third-order valence-corrected chi connectivity index (χ3v) is 2.73. The van der Waals surface area contributed by atoms with Gasteiger partial charge in [-0.05, 0) is 37.9 Å². The molecule has 0 aromatic carbocycles. The van der Waals surface area contributed by atoms with Crippen LogP contribution in [0.15, 0.2) is 24.3 Å². The van der Waals surface area contributed by atoms with Gasteiger partial charge in [-0.1, -0.05) is 39.5 Å². The molecule has 0 aromatic rings. The van der Waals surface area contributed by atoms with Gasteiger partial charge in [0.15, 0.2) is 0 Å². The normalized spacial score (nSPS) is 14.2. The Morgan fingerprint density at radius 1 is 1.44 bits per heavy atom. The first-order valence-electron chi connectivity index (χ1n) is 6.23. The van der Waals surface area contributed by atoms with Crippen molar-refractivity contribution in [3.8, 4) is 0 Å². The maximum absolute atomic E-state index is 5.91. The van der Waals surface area contributed by atoms with Crippen LogP contribution in [0.3, 0.4) is 0 Å². The smallest absolute Gasteiger partial charge is 0.0686 e. The molecule has 0 rings (SSSR count). The largest absolute Gasteiger partial charge is 0.374 e. The molecule has 16 heavy (non-hydrogen) atoms. The molecule has 0 fully saturated rings. The van der Waals surface area contributed by atoms with Gasteiger partial charge in [-0.15, -0.1) is 0 Å². The third-order valence-electron chi connectivity index (χ3n) is 2.73. The number of hydrogen-bond acceptors (Lipinski definition) is 2. The van der Waals surface area contributed by atoms with Crippen LogP contribution >= 0.6 is 0 Å². The maximum Gasteiger partial charge on any atom is 0.0686 e. The molecular formula is C14H27NO. The Labute approximate surface area is 101 Å². The molecule has 1 unspecified atom stereocenters. The fourth-order valence-electron chi connectivity index (χ4n) is 1.48. The van der Waals surface area contributed by atoms with Crippen molar-refractivity contribution in [1.29, 1.82) is 0 Å². The van der Waals surface area contributed by atoms with Crippen molar-refractivity contribution in [1.82, 2.24) is 5.32 Å². The van der Waals surface area contributed by atoms with E-state index in [-0.39, 0.29) is 0 Å². The highest BCUT2D eigenvalue weighted by molar-refractivity contribution is 5.12. The minimum absolute atomic E-state index is 0.361. The van der Waals surface area contributed by atoms with Crippen LogP contribution in [0.2, 0.25) is 0 Å². The fourth-order valence-corrected chi connectivity index (χ4v) is 1.48. The van der Waals surface area contributed by atoms with Crippen LogP contribution in [-0.2, 0) is 4.74 Å². The lowest BCUT2D eigenvalue weighted by molar-refractivity contribution is 0.0581. The van der Waals surface area contributed by atoms with Gasteiger partial charge in [0, 0.05) is 0 Å². The molecule has 1 N–H and O–H groups in total. The van der Waals surface area contributed by atoms with E-state index in [9.17, 15) is 0 Å². The van der Waals surface area contributed by atoms with E-state index in [1.165, 1.54) is 5.57 Å². The molecule has 0 spiro atoms. The Morgan fingerprint density at radius 2 is 2.12 bits per heavy atom. The van der Waals surface area contributed by atoms with Crippen LogP contribution < -0.4 is 5.32 Å². The molecule has 0 saturated carbocycles. The van der Waals surface area contributed by atoms with Gasteiger partial charge in [-0.25, -0.2) is 0 Å². The molecule has 0 aliphatic carbocycles. The van der Waals surface area contributed by atoms with E-state index in [0.717, 1.165) is 26.0 Å². The number of nitrogens with one attached hydrogen (secondary N) is 1. The Balaban J connectivity index is 4.06. The van der Waals surface area contributed by atoms with Crippen molar-refractivity contribution in [3.63, 3.8) is 0 Å². The molecular weight excluding hydrogens is 198 g/mol. The molecule has 0 aromatic heterocycles. The van der Waals surface area contributed by atoms with Gasteiger partial charge in [-0.3, -0.25) is 0 Å². The van der Waals surface area contributed by atoms with E-state index >= 15 is 0 Å². The second kappa shape index (κ2) is 9.61. The van der Waals surface area contributed by atoms with Crippen molar-refractivity contribution < 1.29 is 4.74 Å². The summed E-state index contributed by atoms with van der Waals surface area (Å²) in [5.74, 6) is 0.528.